The third-order valence-corrected chi connectivity index (χ3v) is 3.40. The van der Waals surface area contributed by atoms with Crippen molar-refractivity contribution in [2.24, 2.45) is 0 Å². The quantitative estimate of drug-likeness (QED) is 0.639. The number of aromatic nitrogens is 2. The Morgan fingerprint density at radius 2 is 2.20 bits per heavy atom. The average molecular weight is 304 g/mol. The van der Waals surface area contributed by atoms with Gasteiger partial charge >= 0.3 is 0 Å². The lowest BCUT2D eigenvalue weighted by atomic mass is 10.1. The zero-order valence-electron chi connectivity index (χ0n) is 12.7. The van der Waals surface area contributed by atoms with Gasteiger partial charge in [0.25, 0.3) is 0 Å². The van der Waals surface area contributed by atoms with Crippen molar-refractivity contribution >= 4 is 11.6 Å². The molecule has 0 bridgehead atoms. The third kappa shape index (κ3) is 5.40. The maximum atomic E-state index is 6.30. The average Bonchev–Trinajstić information content (AvgIpc) is 2.81. The van der Waals surface area contributed by atoms with Crippen LogP contribution >= 0.6 is 11.6 Å². The fraction of sp³-hybridized carbons (Fsp3) is 0.786. The first-order valence-corrected chi connectivity index (χ1v) is 7.63. The molecular formula is C14H26ClN3O2. The van der Waals surface area contributed by atoms with Crippen LogP contribution in [0, 0.1) is 0 Å². The highest BCUT2D eigenvalue weighted by molar-refractivity contribution is 6.31. The van der Waals surface area contributed by atoms with Crippen LogP contribution in [0.3, 0.4) is 0 Å². The van der Waals surface area contributed by atoms with Crippen LogP contribution in [-0.2, 0) is 16.0 Å². The van der Waals surface area contributed by atoms with E-state index in [9.17, 15) is 0 Å². The van der Waals surface area contributed by atoms with Gasteiger partial charge in [-0.05, 0) is 26.3 Å². The molecule has 0 radical (unpaired) electrons. The Bertz CT molecular complexity index is 371. The number of nitrogens with one attached hydrogen (secondary N) is 1. The van der Waals surface area contributed by atoms with Crippen molar-refractivity contribution in [3.63, 3.8) is 0 Å². The van der Waals surface area contributed by atoms with Crippen LogP contribution in [0.15, 0.2) is 6.20 Å². The minimum absolute atomic E-state index is 0.201. The largest absolute Gasteiger partial charge is 0.383 e. The molecule has 0 aliphatic rings. The number of ether oxygens (including phenoxy) is 2. The first-order chi connectivity index (χ1) is 9.74. The fourth-order valence-electron chi connectivity index (χ4n) is 2.19. The molecule has 1 aromatic rings. The summed E-state index contributed by atoms with van der Waals surface area (Å²) in [5.74, 6) is 0. The molecule has 1 heterocycles. The van der Waals surface area contributed by atoms with Crippen LogP contribution in [0.5, 0.6) is 0 Å². The van der Waals surface area contributed by atoms with Crippen LogP contribution in [0.1, 0.15) is 38.4 Å². The van der Waals surface area contributed by atoms with E-state index < -0.39 is 0 Å². The van der Waals surface area contributed by atoms with Gasteiger partial charge in [0.05, 0.1) is 36.1 Å². The van der Waals surface area contributed by atoms with Crippen molar-refractivity contribution in [2.45, 2.75) is 39.3 Å². The van der Waals surface area contributed by atoms with E-state index in [0.717, 1.165) is 38.3 Å². The molecule has 1 atom stereocenters. The van der Waals surface area contributed by atoms with Gasteiger partial charge in [-0.1, -0.05) is 18.5 Å². The van der Waals surface area contributed by atoms with Gasteiger partial charge in [-0.3, -0.25) is 4.68 Å². The number of nitrogens with zero attached hydrogens (tertiary/aromatic N) is 2. The Morgan fingerprint density at radius 1 is 1.40 bits per heavy atom. The van der Waals surface area contributed by atoms with Gasteiger partial charge in [-0.2, -0.15) is 5.10 Å². The van der Waals surface area contributed by atoms with Crippen LogP contribution in [-0.4, -0.2) is 43.3 Å². The zero-order valence-corrected chi connectivity index (χ0v) is 13.4. The van der Waals surface area contributed by atoms with E-state index in [4.69, 9.17) is 21.1 Å². The highest BCUT2D eigenvalue weighted by atomic mass is 35.5. The maximum absolute atomic E-state index is 6.30. The molecule has 0 saturated heterocycles. The van der Waals surface area contributed by atoms with Crippen LogP contribution < -0.4 is 5.32 Å². The van der Waals surface area contributed by atoms with Crippen molar-refractivity contribution < 1.29 is 9.47 Å². The predicted octanol–water partition coefficient (Wildman–Crippen LogP) is 2.65. The summed E-state index contributed by atoms with van der Waals surface area (Å²) in [5, 5.41) is 8.52. The third-order valence-electron chi connectivity index (χ3n) is 3.11. The summed E-state index contributed by atoms with van der Waals surface area (Å²) < 4.78 is 12.5. The molecule has 0 amide bonds. The smallest absolute Gasteiger partial charge is 0.0834 e. The number of hydrogen-bond donors (Lipinski definition) is 1. The van der Waals surface area contributed by atoms with E-state index >= 15 is 0 Å². The summed E-state index contributed by atoms with van der Waals surface area (Å²) in [6, 6.07) is 0.201. The Hall–Kier alpha value is -0.620. The molecule has 0 saturated carbocycles. The molecule has 0 aromatic carbocycles. The monoisotopic (exact) mass is 303 g/mol. The van der Waals surface area contributed by atoms with E-state index in [1.54, 1.807) is 13.3 Å². The van der Waals surface area contributed by atoms with Crippen molar-refractivity contribution in [3.05, 3.63) is 16.9 Å². The summed E-state index contributed by atoms with van der Waals surface area (Å²) in [5.41, 5.74) is 1.04. The van der Waals surface area contributed by atoms with Gasteiger partial charge in [0, 0.05) is 20.3 Å². The van der Waals surface area contributed by atoms with Crippen molar-refractivity contribution in [1.82, 2.24) is 15.1 Å². The minimum atomic E-state index is 0.201. The molecule has 20 heavy (non-hydrogen) atoms. The van der Waals surface area contributed by atoms with E-state index in [2.05, 4.69) is 17.3 Å². The van der Waals surface area contributed by atoms with Crippen molar-refractivity contribution in [1.29, 1.82) is 0 Å². The fourth-order valence-corrected chi connectivity index (χ4v) is 2.46. The topological polar surface area (TPSA) is 48.3 Å². The Labute approximate surface area is 126 Å². The molecule has 0 fully saturated rings. The van der Waals surface area contributed by atoms with Crippen LogP contribution in [0.25, 0.3) is 0 Å². The van der Waals surface area contributed by atoms with E-state index in [0.29, 0.717) is 18.2 Å². The molecule has 1 aromatic heterocycles. The summed E-state index contributed by atoms with van der Waals surface area (Å²) >= 11 is 6.30. The van der Waals surface area contributed by atoms with Gasteiger partial charge in [0.1, 0.15) is 0 Å². The summed E-state index contributed by atoms with van der Waals surface area (Å²) in [6.45, 7) is 7.89. The molecule has 1 N–H and O–H groups in total. The molecule has 0 aliphatic carbocycles. The first kappa shape index (κ1) is 17.4. The van der Waals surface area contributed by atoms with Crippen LogP contribution in [0.4, 0.5) is 0 Å². The van der Waals surface area contributed by atoms with Crippen molar-refractivity contribution in [2.75, 3.05) is 33.5 Å². The lowest BCUT2D eigenvalue weighted by molar-refractivity contribution is 0.140. The minimum Gasteiger partial charge on any atom is -0.383 e. The number of halogens is 1. The zero-order chi connectivity index (χ0) is 14.8. The van der Waals surface area contributed by atoms with E-state index in [1.807, 2.05) is 11.6 Å². The molecule has 0 spiro atoms. The number of rotatable bonds is 11. The van der Waals surface area contributed by atoms with Gasteiger partial charge < -0.3 is 14.8 Å². The van der Waals surface area contributed by atoms with Crippen molar-refractivity contribution in [3.8, 4) is 0 Å². The SMILES string of the molecule is CCNC(CCCOCC)c1c(Cl)cnn1CCOC. The number of methoxy groups -OCH3 is 1. The normalized spacial score (nSPS) is 12.8. The number of hydrogen-bond acceptors (Lipinski definition) is 4. The van der Waals surface area contributed by atoms with Gasteiger partial charge in [0.15, 0.2) is 0 Å². The summed E-state index contributed by atoms with van der Waals surface area (Å²) in [7, 11) is 1.69. The van der Waals surface area contributed by atoms with E-state index in [1.165, 1.54) is 0 Å². The van der Waals surface area contributed by atoms with Gasteiger partial charge in [0.2, 0.25) is 0 Å². The molecule has 6 heteroatoms. The molecule has 116 valence electrons. The second kappa shape index (κ2) is 10.2. The highest BCUT2D eigenvalue weighted by Gasteiger charge is 2.19. The maximum Gasteiger partial charge on any atom is 0.0834 e. The van der Waals surface area contributed by atoms with Crippen LogP contribution in [0.2, 0.25) is 5.02 Å². The molecule has 1 unspecified atom stereocenters. The standard InChI is InChI=1S/C14H26ClN3O2/c1-4-16-13(7-6-9-20-5-2)14-12(15)11-17-18(14)8-10-19-3/h11,13,16H,4-10H2,1-3H3. The molecule has 5 nitrogen and oxygen atoms in total. The lowest BCUT2D eigenvalue weighted by Gasteiger charge is -2.20. The Balaban J connectivity index is 2.70. The first-order valence-electron chi connectivity index (χ1n) is 7.25. The molecular weight excluding hydrogens is 278 g/mol. The van der Waals surface area contributed by atoms with Gasteiger partial charge in [-0.25, -0.2) is 0 Å². The lowest BCUT2D eigenvalue weighted by Crippen LogP contribution is -2.25. The molecule has 0 aliphatic heterocycles. The Kier molecular flexibility index (Phi) is 8.85. The predicted molar refractivity (Wildman–Crippen MR) is 81.3 cm³/mol. The van der Waals surface area contributed by atoms with E-state index in [-0.39, 0.29) is 6.04 Å². The second-order valence-corrected chi connectivity index (χ2v) is 4.95. The second-order valence-electron chi connectivity index (χ2n) is 4.54. The van der Waals surface area contributed by atoms with Gasteiger partial charge in [-0.15, -0.1) is 0 Å². The Morgan fingerprint density at radius 3 is 2.85 bits per heavy atom. The highest BCUT2D eigenvalue weighted by Crippen LogP contribution is 2.26. The summed E-state index contributed by atoms with van der Waals surface area (Å²) in [4.78, 5) is 0. The summed E-state index contributed by atoms with van der Waals surface area (Å²) in [6.07, 6.45) is 3.68. The molecule has 1 rings (SSSR count).